The number of anilines is 4. The summed E-state index contributed by atoms with van der Waals surface area (Å²) in [5.74, 6) is -0.369. The number of hydrazone groups is 1. The monoisotopic (exact) mass is 856 g/mol. The Hall–Kier alpha value is -4.08. The first-order chi connectivity index (χ1) is 28.6. The fourth-order valence-electron chi connectivity index (χ4n) is 6.90. The summed E-state index contributed by atoms with van der Waals surface area (Å²) in [4.78, 5) is 4.64. The molecule has 0 aromatic heterocycles. The minimum atomic E-state index is -4.03. The Kier molecular flexibility index (Phi) is 16.6. The molecule has 0 amide bonds. The minimum Gasteiger partial charge on any atom is -0.369 e. The largest absolute Gasteiger partial charge is 0.369 e. The van der Waals surface area contributed by atoms with E-state index in [1.807, 2.05) is 30.5 Å². The van der Waals surface area contributed by atoms with E-state index in [-0.39, 0.29) is 24.9 Å². The molecule has 0 aliphatic carbocycles. The van der Waals surface area contributed by atoms with E-state index in [4.69, 9.17) is 31.3 Å². The lowest BCUT2D eigenvalue weighted by Crippen LogP contribution is -2.36. The molecular formula is C46H56N4O6S3. The van der Waals surface area contributed by atoms with Crippen LogP contribution in [-0.2, 0) is 19.6 Å². The number of benzene rings is 4. The van der Waals surface area contributed by atoms with Crippen LogP contribution < -0.4 is 9.91 Å². The zero-order valence-corrected chi connectivity index (χ0v) is 36.4. The van der Waals surface area contributed by atoms with Crippen molar-refractivity contribution in [2.75, 3.05) is 35.4 Å². The normalized spacial score (nSPS) is 18.6. The van der Waals surface area contributed by atoms with Crippen molar-refractivity contribution in [3.63, 3.8) is 0 Å². The fraction of sp³-hybridized carbons (Fsp3) is 0.391. The second-order valence-electron chi connectivity index (χ2n) is 15.0. The number of aliphatic hydroxyl groups excluding tert-OH is 1. The van der Waals surface area contributed by atoms with Crippen molar-refractivity contribution in [3.8, 4) is 0 Å². The molecule has 314 valence electrons. The van der Waals surface area contributed by atoms with Crippen LogP contribution in [0.1, 0.15) is 81.4 Å². The number of epoxide rings is 1. The van der Waals surface area contributed by atoms with Gasteiger partial charge in [0.1, 0.15) is 10.4 Å². The second kappa shape index (κ2) is 22.0. The summed E-state index contributed by atoms with van der Waals surface area (Å²) in [6.45, 7) is 5.70. The van der Waals surface area contributed by atoms with Gasteiger partial charge in [-0.05, 0) is 85.5 Å². The number of para-hydroxylation sites is 1. The van der Waals surface area contributed by atoms with Crippen LogP contribution in [0.25, 0.3) is 6.08 Å². The molecule has 0 saturated carbocycles. The molecule has 13 heteroatoms. The topological polar surface area (TPSA) is 118 Å². The van der Waals surface area contributed by atoms with Crippen LogP contribution in [-0.4, -0.2) is 77.6 Å². The molecular weight excluding hydrogens is 801 g/mol. The zero-order valence-electron chi connectivity index (χ0n) is 33.9. The number of hydrogen-bond acceptors (Lipinski definition) is 10. The molecule has 0 bridgehead atoms. The fourth-order valence-corrected chi connectivity index (χ4v) is 8.77. The highest BCUT2D eigenvalue weighted by atomic mass is 32.2. The van der Waals surface area contributed by atoms with Gasteiger partial charge in [-0.1, -0.05) is 136 Å². The number of unbranched alkanes of at least 4 members (excludes halogenated alkanes) is 7. The molecule has 59 heavy (non-hydrogen) atoms. The molecule has 6 rings (SSSR count). The van der Waals surface area contributed by atoms with Crippen molar-refractivity contribution >= 4 is 73.5 Å². The van der Waals surface area contributed by atoms with Gasteiger partial charge in [0, 0.05) is 28.5 Å². The highest BCUT2D eigenvalue weighted by molar-refractivity contribution is 8.26. The summed E-state index contributed by atoms with van der Waals surface area (Å²) in [5.41, 5.74) is 7.26. The van der Waals surface area contributed by atoms with Gasteiger partial charge in [-0.2, -0.15) is 13.5 Å². The zero-order chi connectivity index (χ0) is 41.6. The third-order valence-electron chi connectivity index (χ3n) is 10.3. The third-order valence-corrected chi connectivity index (χ3v) is 12.5. The molecule has 4 aromatic rings. The van der Waals surface area contributed by atoms with E-state index in [0.717, 1.165) is 46.8 Å². The van der Waals surface area contributed by atoms with Gasteiger partial charge in [0.15, 0.2) is 12.5 Å². The van der Waals surface area contributed by atoms with E-state index in [0.29, 0.717) is 15.8 Å². The smallest absolute Gasteiger partial charge is 0.264 e. The maximum absolute atomic E-state index is 11.2. The Morgan fingerprint density at radius 2 is 1.41 bits per heavy atom. The molecule has 2 aliphatic heterocycles. The van der Waals surface area contributed by atoms with E-state index in [1.54, 1.807) is 4.90 Å². The summed E-state index contributed by atoms with van der Waals surface area (Å²) in [6, 6.07) is 35.6. The Morgan fingerprint density at radius 3 is 2.03 bits per heavy atom. The lowest BCUT2D eigenvalue weighted by atomic mass is 10.1. The van der Waals surface area contributed by atoms with E-state index in [2.05, 4.69) is 109 Å². The van der Waals surface area contributed by atoms with Crippen LogP contribution in [0.4, 0.5) is 22.7 Å². The van der Waals surface area contributed by atoms with Crippen molar-refractivity contribution < 1.29 is 27.6 Å². The van der Waals surface area contributed by atoms with Gasteiger partial charge in [0.25, 0.3) is 10.1 Å². The molecule has 2 saturated heterocycles. The summed E-state index contributed by atoms with van der Waals surface area (Å²) >= 11 is 6.94. The minimum absolute atomic E-state index is 0.138. The van der Waals surface area contributed by atoms with Gasteiger partial charge in [-0.25, -0.2) is 0 Å². The molecule has 2 aliphatic rings. The summed E-state index contributed by atoms with van der Waals surface area (Å²) in [7, 11) is -4.03. The number of thiocarbonyl (C=S) groups is 1. The van der Waals surface area contributed by atoms with Crippen molar-refractivity contribution in [2.24, 2.45) is 5.10 Å². The first kappa shape index (κ1) is 44.5. The molecule has 2 N–H and O–H groups in total. The lowest BCUT2D eigenvalue weighted by Gasteiger charge is -2.26. The van der Waals surface area contributed by atoms with Crippen LogP contribution >= 0.6 is 24.0 Å². The molecule has 2 heterocycles. The lowest BCUT2D eigenvalue weighted by molar-refractivity contribution is 0.0508. The number of aryl methyl sites for hydroxylation is 1. The predicted molar refractivity (Wildman–Crippen MR) is 246 cm³/mol. The average Bonchev–Trinajstić information content (AvgIpc) is 3.93. The number of aliphatic hydroxyl groups is 1. The first-order valence-corrected chi connectivity index (χ1v) is 23.4. The van der Waals surface area contributed by atoms with Gasteiger partial charge in [0.05, 0.1) is 30.8 Å². The van der Waals surface area contributed by atoms with Gasteiger partial charge in [-0.15, -0.1) is 0 Å². The van der Waals surface area contributed by atoms with Gasteiger partial charge < -0.3 is 24.4 Å². The van der Waals surface area contributed by atoms with Crippen LogP contribution in [0, 0.1) is 6.92 Å². The van der Waals surface area contributed by atoms with E-state index >= 15 is 0 Å². The number of nitrogens with zero attached hydrogens (tertiary/aromatic N) is 4. The standard InChI is InChI=1S/C46H56N4O6S3/c1-3-4-5-6-7-8-9-13-29-49(38-15-11-10-12-16-38)47-33-37-21-27-41(28-22-37)50(39-23-17-35(2)18-24-39)40-25-19-36(20-26-40)32-43-44(51)48(46(57)58-43)34-42-45(56-42)55-30-14-31-59(52,53)54/h10-12,15-28,32-33,42,44-45,51H,3-9,13-14,29-31,34H2,1-2H3,(H,52,53,54). The molecule has 4 aromatic carbocycles. The van der Waals surface area contributed by atoms with Crippen LogP contribution in [0.2, 0.25) is 0 Å². The average molecular weight is 857 g/mol. The molecule has 0 spiro atoms. The van der Waals surface area contributed by atoms with Crippen molar-refractivity contribution in [2.45, 2.75) is 90.3 Å². The predicted octanol–water partition coefficient (Wildman–Crippen LogP) is 10.5. The number of ether oxygens (including phenoxy) is 2. The summed E-state index contributed by atoms with van der Waals surface area (Å²) < 4.78 is 42.4. The SMILES string of the molecule is CCCCCCCCCCN(N=Cc1ccc(N(c2ccc(C)cc2)c2ccc(C=C3SC(=S)N(CC4OC4OCCCS(=O)(=O)O)C3O)cc2)cc1)c1ccccc1. The second-order valence-corrected chi connectivity index (χ2v) is 18.3. The molecule has 10 nitrogen and oxygen atoms in total. The van der Waals surface area contributed by atoms with Crippen LogP contribution in [0.15, 0.2) is 113 Å². The van der Waals surface area contributed by atoms with E-state index in [1.165, 1.54) is 62.3 Å². The summed E-state index contributed by atoms with van der Waals surface area (Å²) in [5, 5.41) is 18.3. The molecule has 3 atom stereocenters. The maximum atomic E-state index is 11.2. The van der Waals surface area contributed by atoms with Crippen LogP contribution in [0.3, 0.4) is 0 Å². The first-order valence-electron chi connectivity index (χ1n) is 20.6. The number of rotatable bonds is 23. The highest BCUT2D eigenvalue weighted by Gasteiger charge is 2.45. The van der Waals surface area contributed by atoms with Crippen molar-refractivity contribution in [1.82, 2.24) is 4.90 Å². The third kappa shape index (κ3) is 13.7. The Morgan fingerprint density at radius 1 is 0.814 bits per heavy atom. The Labute approximate surface area is 359 Å². The van der Waals surface area contributed by atoms with E-state index in [9.17, 15) is 13.5 Å². The quantitative estimate of drug-likeness (QED) is 0.0185. The van der Waals surface area contributed by atoms with Crippen LogP contribution in [0.5, 0.6) is 0 Å². The van der Waals surface area contributed by atoms with Gasteiger partial charge in [-0.3, -0.25) is 9.56 Å². The highest BCUT2D eigenvalue weighted by Crippen LogP contribution is 2.39. The number of hydrogen-bond donors (Lipinski definition) is 2. The Balaban J connectivity index is 1.10. The molecule has 3 unspecified atom stereocenters. The number of thioether (sulfide) groups is 1. The Bertz CT molecular complexity index is 2100. The maximum Gasteiger partial charge on any atom is 0.264 e. The summed E-state index contributed by atoms with van der Waals surface area (Å²) in [6.07, 6.45) is 12.5. The van der Waals surface area contributed by atoms with Gasteiger partial charge in [0.2, 0.25) is 0 Å². The van der Waals surface area contributed by atoms with Gasteiger partial charge >= 0.3 is 0 Å². The van der Waals surface area contributed by atoms with E-state index < -0.39 is 22.6 Å². The molecule has 0 radical (unpaired) electrons. The van der Waals surface area contributed by atoms with Crippen molar-refractivity contribution in [1.29, 1.82) is 0 Å². The van der Waals surface area contributed by atoms with Crippen molar-refractivity contribution in [3.05, 3.63) is 125 Å². The molecule has 2 fully saturated rings.